The minimum absolute atomic E-state index is 0.732. The summed E-state index contributed by atoms with van der Waals surface area (Å²) in [7, 11) is 0. The molecular formula is C22H24IPSe. The predicted molar refractivity (Wildman–Crippen MR) is 125 cm³/mol. The van der Waals surface area contributed by atoms with Crippen molar-refractivity contribution >= 4 is 57.2 Å². The number of benzene rings is 3. The van der Waals surface area contributed by atoms with Gasteiger partial charge in [-0.1, -0.05) is 0 Å². The monoisotopic (exact) mass is 526 g/mol. The molecule has 25 heavy (non-hydrogen) atoms. The van der Waals surface area contributed by atoms with Gasteiger partial charge in [-0.3, -0.25) is 0 Å². The van der Waals surface area contributed by atoms with E-state index in [0.717, 1.165) is 15.0 Å². The van der Waals surface area contributed by atoms with Gasteiger partial charge in [-0.05, 0) is 0 Å². The molecule has 3 rings (SSSR count). The molecule has 3 aromatic rings. The van der Waals surface area contributed by atoms with Crippen LogP contribution in [0.1, 0.15) is 6.42 Å². The normalized spacial score (nSPS) is 13.1. The van der Waals surface area contributed by atoms with Crippen molar-refractivity contribution in [1.29, 1.82) is 0 Å². The predicted octanol–water partition coefficient (Wildman–Crippen LogP) is 5.43. The molecule has 0 aliphatic carbocycles. The van der Waals surface area contributed by atoms with Crippen molar-refractivity contribution in [1.82, 2.24) is 0 Å². The Balaban J connectivity index is 2.32. The van der Waals surface area contributed by atoms with E-state index < -0.39 is 4.25 Å². The van der Waals surface area contributed by atoms with Crippen LogP contribution >= 0.6 is 26.3 Å². The molecule has 0 saturated carbocycles. The van der Waals surface area contributed by atoms with Crippen molar-refractivity contribution in [2.45, 2.75) is 17.6 Å². The molecular weight excluding hydrogens is 501 g/mol. The van der Waals surface area contributed by atoms with E-state index in [2.05, 4.69) is 119 Å². The van der Waals surface area contributed by atoms with Gasteiger partial charge < -0.3 is 0 Å². The third-order valence-corrected chi connectivity index (χ3v) is 18.0. The Labute approximate surface area is 171 Å². The van der Waals surface area contributed by atoms with Crippen LogP contribution in [0.2, 0.25) is 11.1 Å². The van der Waals surface area contributed by atoms with Gasteiger partial charge in [0.2, 0.25) is 0 Å². The van der Waals surface area contributed by atoms with Gasteiger partial charge in [0.15, 0.2) is 0 Å². The third kappa shape index (κ3) is 3.60. The fourth-order valence-corrected chi connectivity index (χ4v) is 13.7. The van der Waals surface area contributed by atoms with Crippen molar-refractivity contribution < 1.29 is 0 Å². The summed E-state index contributed by atoms with van der Waals surface area (Å²) in [5.41, 5.74) is 0. The summed E-state index contributed by atoms with van der Waals surface area (Å²) in [6, 6.07) is 33.7. The molecule has 0 amide bonds. The summed E-state index contributed by atoms with van der Waals surface area (Å²) in [6.45, 7) is 0. The fourth-order valence-electron chi connectivity index (χ4n) is 3.56. The van der Waals surface area contributed by atoms with Gasteiger partial charge in [0.1, 0.15) is 0 Å². The van der Waals surface area contributed by atoms with Crippen molar-refractivity contribution in [3.63, 3.8) is 0 Å². The summed E-state index contributed by atoms with van der Waals surface area (Å²) in [6.07, 6.45) is 2.52. The van der Waals surface area contributed by atoms with E-state index in [9.17, 15) is 0 Å². The van der Waals surface area contributed by atoms with Crippen molar-refractivity contribution in [3.8, 4) is 0 Å². The molecule has 0 unspecified atom stereocenters. The summed E-state index contributed by atoms with van der Waals surface area (Å²) in [5.74, 6) is 2.35. The summed E-state index contributed by atoms with van der Waals surface area (Å²) in [4.78, 5) is 0. The minimum atomic E-state index is -2.49. The van der Waals surface area contributed by atoms with E-state index in [1.165, 1.54) is 33.8 Å². The molecule has 3 aromatic carbocycles. The average molecular weight is 525 g/mol. The van der Waals surface area contributed by atoms with Crippen LogP contribution < -0.4 is 15.9 Å². The second kappa shape index (κ2) is 8.35. The van der Waals surface area contributed by atoms with Gasteiger partial charge >= 0.3 is 172 Å². The molecule has 0 atom stereocenters. The fraction of sp³-hybridized carbons (Fsp3) is 0.182. The Bertz CT molecular complexity index is 691. The van der Waals surface area contributed by atoms with Crippen LogP contribution in [0.5, 0.6) is 0 Å². The van der Waals surface area contributed by atoms with Crippen LogP contribution in [0.25, 0.3) is 0 Å². The number of rotatable bonds is 7. The first-order chi connectivity index (χ1) is 12.2. The Kier molecular flexibility index (Phi) is 6.39. The van der Waals surface area contributed by atoms with Gasteiger partial charge in [-0.2, -0.15) is 0 Å². The van der Waals surface area contributed by atoms with Crippen LogP contribution in [0.3, 0.4) is 0 Å². The molecule has 0 radical (unpaired) electrons. The van der Waals surface area contributed by atoms with E-state index in [-0.39, 0.29) is 0 Å². The van der Waals surface area contributed by atoms with Crippen molar-refractivity contribution in [2.75, 3.05) is 6.16 Å². The van der Waals surface area contributed by atoms with Crippen LogP contribution in [-0.4, -0.2) is 21.1 Å². The van der Waals surface area contributed by atoms with Gasteiger partial charge in [0.05, 0.1) is 0 Å². The Morgan fingerprint density at radius 2 is 1.04 bits per heavy atom. The topological polar surface area (TPSA) is 0 Å². The average Bonchev–Trinajstić information content (AvgIpc) is 2.70. The zero-order chi connectivity index (χ0) is 17.6. The van der Waals surface area contributed by atoms with Crippen LogP contribution in [-0.2, 0) is 0 Å². The Hall–Kier alpha value is -0.661. The van der Waals surface area contributed by atoms with Crippen LogP contribution in [0.15, 0.2) is 91.0 Å². The number of hydrogen-bond donors (Lipinski definition) is 0. The molecule has 0 nitrogen and oxygen atoms in total. The Morgan fingerprint density at radius 1 is 0.680 bits per heavy atom. The molecule has 0 heterocycles. The first kappa shape index (κ1) is 19.1. The van der Waals surface area contributed by atoms with Gasteiger partial charge in [-0.25, -0.2) is 0 Å². The second-order valence-corrected chi connectivity index (χ2v) is 19.1. The zero-order valence-corrected chi connectivity index (χ0v) is 19.3. The molecule has 0 bridgehead atoms. The third-order valence-electron chi connectivity index (χ3n) is 4.81. The van der Waals surface area contributed by atoms with Gasteiger partial charge in [0, 0.05) is 0 Å². The standard InChI is InChI=1S/C22H24IPSe/c1-25-19-11-18-24(23,20-12-5-2-6-13-20,21-14-7-3-8-15-21)22-16-9-4-10-17-22/h2-10,12-17H,11,18-19H2,1H3. The Morgan fingerprint density at radius 3 is 1.36 bits per heavy atom. The SMILES string of the molecule is C[Se]CCCP(I)(c1ccccc1)(c1ccccc1)c1ccccc1. The molecule has 3 heteroatoms. The summed E-state index contributed by atoms with van der Waals surface area (Å²) >= 11 is 3.61. The molecule has 0 saturated heterocycles. The second-order valence-electron chi connectivity index (χ2n) is 6.26. The quantitative estimate of drug-likeness (QED) is 0.167. The van der Waals surface area contributed by atoms with Crippen molar-refractivity contribution in [3.05, 3.63) is 91.0 Å². The van der Waals surface area contributed by atoms with E-state index >= 15 is 0 Å². The first-order valence-corrected chi connectivity index (χ1v) is 16.7. The first-order valence-electron chi connectivity index (χ1n) is 8.59. The maximum atomic E-state index is 2.88. The van der Waals surface area contributed by atoms with E-state index in [4.69, 9.17) is 0 Å². The van der Waals surface area contributed by atoms with Crippen LogP contribution in [0, 0.1) is 0 Å². The number of hydrogen-bond acceptors (Lipinski definition) is 0. The molecule has 0 aliphatic heterocycles. The molecule has 0 aliphatic rings. The number of halogens is 1. The maximum absolute atomic E-state index is 2.88. The van der Waals surface area contributed by atoms with Crippen molar-refractivity contribution in [2.24, 2.45) is 0 Å². The van der Waals surface area contributed by atoms with Gasteiger partial charge in [0.25, 0.3) is 0 Å². The zero-order valence-electron chi connectivity index (χ0n) is 14.5. The molecule has 0 spiro atoms. The summed E-state index contributed by atoms with van der Waals surface area (Å²) < 4.78 is -2.49. The van der Waals surface area contributed by atoms with E-state index in [0.29, 0.717) is 0 Å². The molecule has 0 aromatic heterocycles. The van der Waals surface area contributed by atoms with E-state index in [1.807, 2.05) is 0 Å². The molecule has 0 N–H and O–H groups in total. The molecule has 0 fully saturated rings. The van der Waals surface area contributed by atoms with E-state index in [1.54, 1.807) is 0 Å². The van der Waals surface area contributed by atoms with Gasteiger partial charge in [-0.15, -0.1) is 0 Å². The molecule has 130 valence electrons. The van der Waals surface area contributed by atoms with Crippen LogP contribution in [0.4, 0.5) is 0 Å². The summed E-state index contributed by atoms with van der Waals surface area (Å²) in [5, 5.41) is 5.83.